The van der Waals surface area contributed by atoms with Crippen LogP contribution in [-0.4, -0.2) is 49.6 Å². The van der Waals surface area contributed by atoms with E-state index in [1.165, 1.54) is 13.5 Å². The number of likely N-dealkylation sites (tertiary alicyclic amines) is 1. The van der Waals surface area contributed by atoms with Crippen LogP contribution in [0.2, 0.25) is 0 Å². The monoisotopic (exact) mass is 383 g/mol. The largest absolute Gasteiger partial charge is 0.380 e. The Morgan fingerprint density at radius 1 is 1.42 bits per heavy atom. The Morgan fingerprint density at radius 3 is 2.73 bits per heavy atom. The lowest BCUT2D eigenvalue weighted by molar-refractivity contribution is -0.118. The average Bonchev–Trinajstić information content (AvgIpc) is 2.60. The van der Waals surface area contributed by atoms with Gasteiger partial charge in [0.15, 0.2) is 0 Å². The van der Waals surface area contributed by atoms with E-state index < -0.39 is 0 Å². The van der Waals surface area contributed by atoms with E-state index in [1.807, 2.05) is 17.9 Å². The van der Waals surface area contributed by atoms with Crippen LogP contribution in [0.25, 0.3) is 0 Å². The summed E-state index contributed by atoms with van der Waals surface area (Å²) in [6.07, 6.45) is 2.15. The molecule has 0 radical (unpaired) electrons. The van der Waals surface area contributed by atoms with Gasteiger partial charge >= 0.3 is 0 Å². The lowest BCUT2D eigenvalue weighted by Crippen LogP contribution is -2.39. The number of ether oxygens (including phenoxy) is 1. The fourth-order valence-electron chi connectivity index (χ4n) is 3.16. The van der Waals surface area contributed by atoms with Crippen molar-refractivity contribution in [3.05, 3.63) is 29.3 Å². The van der Waals surface area contributed by atoms with Gasteiger partial charge in [-0.1, -0.05) is 6.92 Å². The van der Waals surface area contributed by atoms with Crippen LogP contribution in [-0.2, 0) is 9.53 Å². The van der Waals surface area contributed by atoms with Crippen LogP contribution in [0.15, 0.2) is 18.2 Å². The zero-order valence-electron chi connectivity index (χ0n) is 15.8. The average molecular weight is 384 g/mol. The number of benzene rings is 1. The van der Waals surface area contributed by atoms with Gasteiger partial charge in [-0.25, -0.2) is 0 Å². The third kappa shape index (κ3) is 5.97. The molecule has 0 aliphatic carbocycles. The Balaban J connectivity index is 0.00000338. The summed E-state index contributed by atoms with van der Waals surface area (Å²) in [6, 6.07) is 5.41. The van der Waals surface area contributed by atoms with E-state index in [1.54, 1.807) is 12.1 Å². The van der Waals surface area contributed by atoms with Gasteiger partial charge in [-0.2, -0.15) is 0 Å². The summed E-state index contributed by atoms with van der Waals surface area (Å²) in [5.74, 6) is 0.466. The van der Waals surface area contributed by atoms with Crippen molar-refractivity contribution in [3.8, 4) is 0 Å². The Hall–Kier alpha value is -1.63. The molecule has 1 aromatic rings. The number of piperidine rings is 1. The molecular formula is C19H30ClN3O3. The highest BCUT2D eigenvalue weighted by Crippen LogP contribution is 2.21. The molecule has 146 valence electrons. The van der Waals surface area contributed by atoms with Gasteiger partial charge in [0.25, 0.3) is 5.91 Å². The quantitative estimate of drug-likeness (QED) is 0.790. The minimum Gasteiger partial charge on any atom is -0.380 e. The van der Waals surface area contributed by atoms with Gasteiger partial charge in [-0.3, -0.25) is 9.59 Å². The predicted molar refractivity (Wildman–Crippen MR) is 106 cm³/mol. The van der Waals surface area contributed by atoms with E-state index in [9.17, 15) is 9.59 Å². The molecule has 1 aliphatic rings. The van der Waals surface area contributed by atoms with Crippen molar-refractivity contribution in [3.63, 3.8) is 0 Å². The second-order valence-corrected chi connectivity index (χ2v) is 6.87. The third-order valence-electron chi connectivity index (χ3n) is 4.70. The van der Waals surface area contributed by atoms with E-state index in [2.05, 4.69) is 12.2 Å². The van der Waals surface area contributed by atoms with Gasteiger partial charge < -0.3 is 20.7 Å². The van der Waals surface area contributed by atoms with Crippen molar-refractivity contribution in [1.82, 2.24) is 4.90 Å². The lowest BCUT2D eigenvalue weighted by Gasteiger charge is -2.31. The molecule has 2 atom stereocenters. The van der Waals surface area contributed by atoms with Crippen LogP contribution in [0.3, 0.4) is 0 Å². The summed E-state index contributed by atoms with van der Waals surface area (Å²) in [5, 5.41) is 2.86. The van der Waals surface area contributed by atoms with Gasteiger partial charge in [0.1, 0.15) is 0 Å². The van der Waals surface area contributed by atoms with Crippen LogP contribution < -0.4 is 11.1 Å². The van der Waals surface area contributed by atoms with E-state index in [0.717, 1.165) is 25.1 Å². The molecule has 0 spiro atoms. The lowest BCUT2D eigenvalue weighted by atomic mass is 9.99. The molecule has 0 saturated carbocycles. The van der Waals surface area contributed by atoms with Gasteiger partial charge in [0.2, 0.25) is 5.91 Å². The normalized spacial score (nSPS) is 18.0. The van der Waals surface area contributed by atoms with Crippen LogP contribution in [0.1, 0.15) is 42.1 Å². The van der Waals surface area contributed by atoms with E-state index >= 15 is 0 Å². The number of nitrogens with one attached hydrogen (secondary N) is 1. The fraction of sp³-hybridized carbons (Fsp3) is 0.579. The Kier molecular flexibility index (Phi) is 9.05. The first-order valence-corrected chi connectivity index (χ1v) is 8.87. The fourth-order valence-corrected chi connectivity index (χ4v) is 3.16. The number of aryl methyl sites for hydroxylation is 1. The van der Waals surface area contributed by atoms with Crippen LogP contribution in [0, 0.1) is 12.8 Å². The number of nitrogens with two attached hydrogens (primary N) is 1. The minimum absolute atomic E-state index is 0. The first-order chi connectivity index (χ1) is 11.9. The molecule has 1 saturated heterocycles. The van der Waals surface area contributed by atoms with Crippen LogP contribution >= 0.6 is 12.4 Å². The van der Waals surface area contributed by atoms with Gasteiger partial charge in [0.05, 0.1) is 12.5 Å². The van der Waals surface area contributed by atoms with Crippen molar-refractivity contribution in [2.45, 2.75) is 39.2 Å². The van der Waals surface area contributed by atoms with Crippen molar-refractivity contribution in [2.75, 3.05) is 32.1 Å². The van der Waals surface area contributed by atoms with Gasteiger partial charge in [0, 0.05) is 38.0 Å². The molecule has 1 fully saturated rings. The summed E-state index contributed by atoms with van der Waals surface area (Å²) >= 11 is 0. The molecule has 6 nitrogen and oxygen atoms in total. The predicted octanol–water partition coefficient (Wildman–Crippen LogP) is 2.59. The van der Waals surface area contributed by atoms with Crippen molar-refractivity contribution in [1.29, 1.82) is 0 Å². The molecule has 1 aromatic carbocycles. The highest BCUT2D eigenvalue weighted by Gasteiger charge is 2.22. The second-order valence-electron chi connectivity index (χ2n) is 6.87. The zero-order valence-corrected chi connectivity index (χ0v) is 16.6. The molecule has 1 heterocycles. The number of halogens is 1. The maximum absolute atomic E-state index is 12.7. The zero-order chi connectivity index (χ0) is 18.4. The van der Waals surface area contributed by atoms with Gasteiger partial charge in [-0.15, -0.1) is 12.4 Å². The molecule has 2 unspecified atom stereocenters. The number of hydrogen-bond donors (Lipinski definition) is 2. The Bertz CT molecular complexity index is 620. The number of hydrogen-bond acceptors (Lipinski definition) is 4. The molecular weight excluding hydrogens is 354 g/mol. The van der Waals surface area contributed by atoms with Crippen molar-refractivity contribution < 1.29 is 14.3 Å². The number of methoxy groups -OCH3 is 1. The summed E-state index contributed by atoms with van der Waals surface area (Å²) in [4.78, 5) is 26.7. The molecule has 2 rings (SSSR count). The second kappa shape index (κ2) is 10.5. The molecule has 2 amide bonds. The first kappa shape index (κ1) is 22.4. The smallest absolute Gasteiger partial charge is 0.253 e. The van der Waals surface area contributed by atoms with E-state index in [-0.39, 0.29) is 36.7 Å². The number of anilines is 1. The van der Waals surface area contributed by atoms with E-state index in [4.69, 9.17) is 10.5 Å². The summed E-state index contributed by atoms with van der Waals surface area (Å²) in [7, 11) is 1.54. The third-order valence-corrected chi connectivity index (χ3v) is 4.70. The number of amides is 2. The number of rotatable bonds is 6. The van der Waals surface area contributed by atoms with Gasteiger partial charge in [-0.05, 0) is 49.4 Å². The summed E-state index contributed by atoms with van der Waals surface area (Å²) in [6.45, 7) is 6.00. The molecule has 0 aromatic heterocycles. The SMILES string of the molecule is COC(CN)CC(=O)Nc1ccc(C(=O)N2CCCC(C)C2)cc1C.Cl. The maximum atomic E-state index is 12.7. The maximum Gasteiger partial charge on any atom is 0.253 e. The van der Waals surface area contributed by atoms with Crippen LogP contribution in [0.4, 0.5) is 5.69 Å². The highest BCUT2D eigenvalue weighted by molar-refractivity contribution is 5.96. The standard InChI is InChI=1S/C19H29N3O3.ClH/c1-13-5-4-8-22(12-13)19(24)15-6-7-17(14(2)9-15)21-18(23)10-16(11-20)25-3;/h6-7,9,13,16H,4-5,8,10-12,20H2,1-3H3,(H,21,23);1H. The molecule has 3 N–H and O–H groups in total. The molecule has 26 heavy (non-hydrogen) atoms. The molecule has 0 bridgehead atoms. The number of nitrogens with zero attached hydrogens (tertiary/aromatic N) is 1. The summed E-state index contributed by atoms with van der Waals surface area (Å²) in [5.41, 5.74) is 7.78. The topological polar surface area (TPSA) is 84.7 Å². The highest BCUT2D eigenvalue weighted by atomic mass is 35.5. The Morgan fingerprint density at radius 2 is 2.15 bits per heavy atom. The van der Waals surface area contributed by atoms with Crippen molar-refractivity contribution >= 4 is 29.9 Å². The van der Waals surface area contributed by atoms with Crippen LogP contribution in [0.5, 0.6) is 0 Å². The van der Waals surface area contributed by atoms with Crippen molar-refractivity contribution in [2.24, 2.45) is 11.7 Å². The Labute approximate surface area is 161 Å². The first-order valence-electron chi connectivity index (χ1n) is 8.87. The summed E-state index contributed by atoms with van der Waals surface area (Å²) < 4.78 is 5.13. The van der Waals surface area contributed by atoms with E-state index in [0.29, 0.717) is 23.7 Å². The minimum atomic E-state index is -0.290. The number of carbonyl (C=O) groups excluding carboxylic acids is 2. The number of carbonyl (C=O) groups is 2. The molecule has 1 aliphatic heterocycles. The molecule has 7 heteroatoms.